The van der Waals surface area contributed by atoms with E-state index in [4.69, 9.17) is 0 Å². The highest BCUT2D eigenvalue weighted by Crippen LogP contribution is 2.18. The molecule has 0 radical (unpaired) electrons. The van der Waals surface area contributed by atoms with Crippen molar-refractivity contribution in [1.82, 2.24) is 0 Å². The van der Waals surface area contributed by atoms with Gasteiger partial charge in [-0.3, -0.25) is 0 Å². The van der Waals surface area contributed by atoms with Crippen molar-refractivity contribution in [3.63, 3.8) is 0 Å². The molecule has 0 saturated carbocycles. The molecule has 0 spiro atoms. The molecule has 15 heavy (non-hydrogen) atoms. The van der Waals surface area contributed by atoms with Crippen LogP contribution in [0.2, 0.25) is 0 Å². The Bertz CT molecular complexity index is 556. The number of benzene rings is 1. The van der Waals surface area contributed by atoms with E-state index < -0.39 is 20.0 Å². The highest BCUT2D eigenvalue weighted by atomic mass is 32.2. The first-order chi connectivity index (χ1) is 6.68. The average Bonchev–Trinajstić information content (AvgIpc) is 1.99. The van der Waals surface area contributed by atoms with Crippen molar-refractivity contribution in [3.8, 4) is 5.75 Å². The molecule has 84 valence electrons. The second-order valence-corrected chi connectivity index (χ2v) is 6.63. The monoisotopic (exact) mass is 250 g/mol. The highest BCUT2D eigenvalue weighted by molar-refractivity contribution is 7.90. The van der Waals surface area contributed by atoms with Crippen LogP contribution < -0.4 is 4.18 Å². The van der Waals surface area contributed by atoms with Crippen molar-refractivity contribution in [1.29, 1.82) is 0 Å². The molecule has 1 aromatic rings. The Morgan fingerprint density at radius 2 is 1.67 bits per heavy atom. The number of sulfone groups is 1. The Morgan fingerprint density at radius 1 is 1.07 bits per heavy atom. The molecule has 0 saturated heterocycles. The van der Waals surface area contributed by atoms with Crippen LogP contribution in [0.4, 0.5) is 0 Å². The van der Waals surface area contributed by atoms with Gasteiger partial charge in [-0.1, -0.05) is 6.07 Å². The number of rotatable bonds is 3. The first kappa shape index (κ1) is 12.0. The van der Waals surface area contributed by atoms with Crippen LogP contribution >= 0.6 is 0 Å². The lowest BCUT2D eigenvalue weighted by atomic mass is 10.3. The fourth-order valence-corrected chi connectivity index (χ4v) is 2.04. The summed E-state index contributed by atoms with van der Waals surface area (Å²) < 4.78 is 48.4. The van der Waals surface area contributed by atoms with E-state index in [-0.39, 0.29) is 10.6 Å². The molecule has 0 heterocycles. The SMILES string of the molecule is CS(=O)(=O)Oc1cccc(S(C)(=O)=O)c1. The Hall–Kier alpha value is -1.08. The third-order valence-electron chi connectivity index (χ3n) is 1.48. The molecule has 0 aliphatic rings. The van der Waals surface area contributed by atoms with Crippen molar-refractivity contribution >= 4 is 20.0 Å². The minimum absolute atomic E-state index is 0.0135. The summed E-state index contributed by atoms with van der Waals surface area (Å²) in [5.41, 5.74) is 0. The van der Waals surface area contributed by atoms with Gasteiger partial charge in [0.25, 0.3) is 0 Å². The quantitative estimate of drug-likeness (QED) is 0.727. The smallest absolute Gasteiger partial charge is 0.306 e. The van der Waals surface area contributed by atoms with Gasteiger partial charge in [0.1, 0.15) is 5.75 Å². The largest absolute Gasteiger partial charge is 0.383 e. The Kier molecular flexibility index (Phi) is 3.05. The zero-order valence-electron chi connectivity index (χ0n) is 8.17. The molecule has 1 aromatic carbocycles. The van der Waals surface area contributed by atoms with Gasteiger partial charge in [-0.15, -0.1) is 0 Å². The molecule has 0 aliphatic heterocycles. The molecular formula is C8H10O5S2. The minimum Gasteiger partial charge on any atom is -0.383 e. The molecule has 0 fully saturated rings. The molecule has 7 heteroatoms. The second kappa shape index (κ2) is 3.82. The van der Waals surface area contributed by atoms with Crippen molar-refractivity contribution in [2.75, 3.05) is 12.5 Å². The molecular weight excluding hydrogens is 240 g/mol. The predicted molar refractivity (Wildman–Crippen MR) is 55.0 cm³/mol. The molecule has 0 amide bonds. The molecule has 0 aromatic heterocycles. The van der Waals surface area contributed by atoms with Gasteiger partial charge in [-0.05, 0) is 12.1 Å². The Labute approximate surface area is 88.7 Å². The third-order valence-corrected chi connectivity index (χ3v) is 3.09. The van der Waals surface area contributed by atoms with E-state index in [1.165, 1.54) is 18.2 Å². The Morgan fingerprint density at radius 3 is 2.13 bits per heavy atom. The van der Waals surface area contributed by atoms with Gasteiger partial charge in [-0.2, -0.15) is 8.42 Å². The molecule has 0 atom stereocenters. The maximum absolute atomic E-state index is 11.1. The molecule has 0 bridgehead atoms. The van der Waals surface area contributed by atoms with Crippen LogP contribution in [0, 0.1) is 0 Å². The topological polar surface area (TPSA) is 77.5 Å². The van der Waals surface area contributed by atoms with E-state index in [0.29, 0.717) is 0 Å². The fraction of sp³-hybridized carbons (Fsp3) is 0.250. The van der Waals surface area contributed by atoms with E-state index in [9.17, 15) is 16.8 Å². The van der Waals surface area contributed by atoms with Gasteiger partial charge in [0.15, 0.2) is 9.84 Å². The van der Waals surface area contributed by atoms with Gasteiger partial charge < -0.3 is 4.18 Å². The van der Waals surface area contributed by atoms with Gasteiger partial charge in [0, 0.05) is 12.3 Å². The summed E-state index contributed by atoms with van der Waals surface area (Å²) in [5, 5.41) is 0. The summed E-state index contributed by atoms with van der Waals surface area (Å²) in [5.74, 6) is -0.0135. The minimum atomic E-state index is -3.63. The predicted octanol–water partition coefficient (Wildman–Crippen LogP) is 0.429. The molecule has 1 rings (SSSR count). The summed E-state index contributed by atoms with van der Waals surface area (Å²) in [6.45, 7) is 0. The fourth-order valence-electron chi connectivity index (χ4n) is 0.931. The van der Waals surface area contributed by atoms with Crippen LogP contribution in [0.5, 0.6) is 5.75 Å². The highest BCUT2D eigenvalue weighted by Gasteiger charge is 2.10. The van der Waals surface area contributed by atoms with E-state index in [1.54, 1.807) is 0 Å². The molecule has 0 unspecified atom stereocenters. The average molecular weight is 250 g/mol. The standard InChI is InChI=1S/C8H10O5S2/c1-14(9,10)8-5-3-4-7(6-8)13-15(2,11)12/h3-6H,1-2H3. The summed E-state index contributed by atoms with van der Waals surface area (Å²) in [4.78, 5) is 0.0173. The summed E-state index contributed by atoms with van der Waals surface area (Å²) >= 11 is 0. The van der Waals surface area contributed by atoms with Crippen molar-refractivity contribution in [3.05, 3.63) is 24.3 Å². The van der Waals surface area contributed by atoms with E-state index >= 15 is 0 Å². The van der Waals surface area contributed by atoms with E-state index in [1.807, 2.05) is 0 Å². The number of hydrogen-bond donors (Lipinski definition) is 0. The lowest BCUT2D eigenvalue weighted by Crippen LogP contribution is -2.06. The molecule has 5 nitrogen and oxygen atoms in total. The van der Waals surface area contributed by atoms with Gasteiger partial charge in [0.2, 0.25) is 0 Å². The zero-order valence-corrected chi connectivity index (χ0v) is 9.80. The van der Waals surface area contributed by atoms with Crippen LogP contribution in [-0.2, 0) is 20.0 Å². The molecule has 0 N–H and O–H groups in total. The maximum Gasteiger partial charge on any atom is 0.306 e. The van der Waals surface area contributed by atoms with Gasteiger partial charge in [0.05, 0.1) is 11.2 Å². The van der Waals surface area contributed by atoms with Crippen molar-refractivity contribution in [2.45, 2.75) is 4.90 Å². The second-order valence-electron chi connectivity index (χ2n) is 3.03. The lowest BCUT2D eigenvalue weighted by molar-refractivity contribution is 0.492. The lowest BCUT2D eigenvalue weighted by Gasteiger charge is -2.04. The normalized spacial score (nSPS) is 12.4. The van der Waals surface area contributed by atoms with Crippen LogP contribution in [0.3, 0.4) is 0 Å². The summed E-state index contributed by atoms with van der Waals surface area (Å²) in [6, 6.07) is 5.31. The maximum atomic E-state index is 11.1. The summed E-state index contributed by atoms with van der Waals surface area (Å²) in [6.07, 6.45) is 1.92. The van der Waals surface area contributed by atoms with Gasteiger partial charge >= 0.3 is 10.1 Å². The Balaban J connectivity index is 3.15. The first-order valence-electron chi connectivity index (χ1n) is 3.88. The molecule has 0 aliphatic carbocycles. The van der Waals surface area contributed by atoms with Crippen LogP contribution in [0.15, 0.2) is 29.2 Å². The third kappa shape index (κ3) is 3.88. The van der Waals surface area contributed by atoms with Crippen LogP contribution in [0.1, 0.15) is 0 Å². The van der Waals surface area contributed by atoms with Crippen molar-refractivity contribution < 1.29 is 21.0 Å². The number of hydrogen-bond acceptors (Lipinski definition) is 5. The van der Waals surface area contributed by atoms with E-state index in [0.717, 1.165) is 18.6 Å². The van der Waals surface area contributed by atoms with Gasteiger partial charge in [-0.25, -0.2) is 8.42 Å². The van der Waals surface area contributed by atoms with E-state index in [2.05, 4.69) is 4.18 Å². The van der Waals surface area contributed by atoms with Crippen LogP contribution in [0.25, 0.3) is 0 Å². The zero-order chi connectivity index (χ0) is 11.7. The first-order valence-corrected chi connectivity index (χ1v) is 7.59. The summed E-state index contributed by atoms with van der Waals surface area (Å²) in [7, 11) is -6.99. The van der Waals surface area contributed by atoms with Crippen LogP contribution in [-0.4, -0.2) is 29.3 Å². The van der Waals surface area contributed by atoms with Crippen molar-refractivity contribution in [2.24, 2.45) is 0 Å².